The van der Waals surface area contributed by atoms with Gasteiger partial charge in [-0.1, -0.05) is 0 Å². The number of nitrogens with zero attached hydrogens (tertiary/aromatic N) is 3. The van der Waals surface area contributed by atoms with Gasteiger partial charge in [0.2, 0.25) is 0 Å². The summed E-state index contributed by atoms with van der Waals surface area (Å²) in [5, 5.41) is 9.04. The second kappa shape index (κ2) is 5.99. The van der Waals surface area contributed by atoms with Gasteiger partial charge in [0.25, 0.3) is 5.56 Å². The number of hydrogen-bond acceptors (Lipinski definition) is 5. The first kappa shape index (κ1) is 15.5. The number of aromatic nitrogens is 3. The SMILES string of the molecule is O=c1ccc(-c2cnc(N3CCNCC3)c(C(F)(F)F)c2)n[nH]1. The monoisotopic (exact) mass is 325 g/mol. The molecule has 23 heavy (non-hydrogen) atoms. The molecule has 0 atom stereocenters. The highest BCUT2D eigenvalue weighted by molar-refractivity contribution is 5.63. The molecule has 0 bridgehead atoms. The van der Waals surface area contributed by atoms with E-state index in [1.807, 2.05) is 0 Å². The summed E-state index contributed by atoms with van der Waals surface area (Å²) in [5.74, 6) is -0.0767. The number of piperazine rings is 1. The Kier molecular flexibility index (Phi) is 4.03. The quantitative estimate of drug-likeness (QED) is 0.870. The first-order valence-electron chi connectivity index (χ1n) is 7.04. The summed E-state index contributed by atoms with van der Waals surface area (Å²) in [4.78, 5) is 16.6. The van der Waals surface area contributed by atoms with Crippen LogP contribution in [0.1, 0.15) is 5.56 Å². The van der Waals surface area contributed by atoms with Crippen molar-refractivity contribution in [3.63, 3.8) is 0 Å². The average Bonchev–Trinajstić information content (AvgIpc) is 2.55. The Bertz CT molecular complexity index is 732. The number of aromatic amines is 1. The number of alkyl halides is 3. The Morgan fingerprint density at radius 3 is 2.52 bits per heavy atom. The lowest BCUT2D eigenvalue weighted by Crippen LogP contribution is -2.44. The Morgan fingerprint density at radius 2 is 1.91 bits per heavy atom. The summed E-state index contributed by atoms with van der Waals surface area (Å²) in [6.07, 6.45) is -3.18. The van der Waals surface area contributed by atoms with Crippen LogP contribution in [0, 0.1) is 0 Å². The van der Waals surface area contributed by atoms with E-state index in [9.17, 15) is 18.0 Å². The molecule has 0 aliphatic carbocycles. The molecular weight excluding hydrogens is 311 g/mol. The lowest BCUT2D eigenvalue weighted by atomic mass is 10.1. The van der Waals surface area contributed by atoms with E-state index in [1.54, 1.807) is 4.90 Å². The van der Waals surface area contributed by atoms with Crippen molar-refractivity contribution in [2.75, 3.05) is 31.1 Å². The fourth-order valence-corrected chi connectivity index (χ4v) is 2.44. The first-order valence-corrected chi connectivity index (χ1v) is 7.04. The summed E-state index contributed by atoms with van der Waals surface area (Å²) in [6.45, 7) is 2.16. The maximum absolute atomic E-state index is 13.4. The summed E-state index contributed by atoms with van der Waals surface area (Å²) in [6, 6.07) is 3.59. The van der Waals surface area contributed by atoms with Crippen LogP contribution in [0.4, 0.5) is 19.0 Å². The number of H-pyrrole nitrogens is 1. The van der Waals surface area contributed by atoms with Crippen molar-refractivity contribution >= 4 is 5.82 Å². The zero-order valence-corrected chi connectivity index (χ0v) is 12.0. The van der Waals surface area contributed by atoms with E-state index in [0.29, 0.717) is 26.2 Å². The van der Waals surface area contributed by atoms with Crippen molar-refractivity contribution in [2.45, 2.75) is 6.18 Å². The third kappa shape index (κ3) is 3.34. The molecular formula is C14H14F3N5O. The maximum Gasteiger partial charge on any atom is 0.419 e. The van der Waals surface area contributed by atoms with Gasteiger partial charge in [-0.05, 0) is 12.1 Å². The van der Waals surface area contributed by atoms with Crippen LogP contribution < -0.4 is 15.8 Å². The van der Waals surface area contributed by atoms with E-state index in [4.69, 9.17) is 0 Å². The van der Waals surface area contributed by atoms with Crippen LogP contribution in [0.2, 0.25) is 0 Å². The van der Waals surface area contributed by atoms with Crippen LogP contribution in [0.15, 0.2) is 29.2 Å². The summed E-state index contributed by atoms with van der Waals surface area (Å²) < 4.78 is 40.2. The third-order valence-electron chi connectivity index (χ3n) is 3.56. The zero-order chi connectivity index (χ0) is 16.4. The number of halogens is 3. The number of pyridine rings is 1. The van der Waals surface area contributed by atoms with Gasteiger partial charge in [-0.15, -0.1) is 0 Å². The molecule has 122 valence electrons. The molecule has 1 aliphatic heterocycles. The van der Waals surface area contributed by atoms with Crippen molar-refractivity contribution in [3.05, 3.63) is 40.3 Å². The summed E-state index contributed by atoms with van der Waals surface area (Å²) >= 11 is 0. The van der Waals surface area contributed by atoms with E-state index in [-0.39, 0.29) is 17.1 Å². The number of hydrogen-bond donors (Lipinski definition) is 2. The molecule has 9 heteroatoms. The van der Waals surface area contributed by atoms with Crippen LogP contribution >= 0.6 is 0 Å². The fourth-order valence-electron chi connectivity index (χ4n) is 2.44. The summed E-state index contributed by atoms with van der Waals surface area (Å²) in [7, 11) is 0. The Hall–Kier alpha value is -2.42. The van der Waals surface area contributed by atoms with Gasteiger partial charge in [-0.3, -0.25) is 4.79 Å². The van der Waals surface area contributed by atoms with Crippen LogP contribution in [0.25, 0.3) is 11.3 Å². The molecule has 1 aliphatic rings. The molecule has 0 saturated carbocycles. The highest BCUT2D eigenvalue weighted by Crippen LogP contribution is 2.37. The lowest BCUT2D eigenvalue weighted by molar-refractivity contribution is -0.137. The van der Waals surface area contributed by atoms with Gasteiger partial charge in [0, 0.05) is 44.0 Å². The average molecular weight is 325 g/mol. The van der Waals surface area contributed by atoms with Gasteiger partial charge in [0.15, 0.2) is 0 Å². The molecule has 0 radical (unpaired) electrons. The van der Waals surface area contributed by atoms with Gasteiger partial charge in [-0.2, -0.15) is 18.3 Å². The largest absolute Gasteiger partial charge is 0.419 e. The second-order valence-corrected chi connectivity index (χ2v) is 5.14. The van der Waals surface area contributed by atoms with Crippen molar-refractivity contribution in [1.29, 1.82) is 0 Å². The summed E-state index contributed by atoms with van der Waals surface area (Å²) in [5.41, 5.74) is -0.790. The molecule has 3 heterocycles. The predicted octanol–water partition coefficient (Wildman–Crippen LogP) is 1.26. The second-order valence-electron chi connectivity index (χ2n) is 5.14. The molecule has 1 fully saturated rings. The first-order chi connectivity index (χ1) is 10.9. The van der Waals surface area contributed by atoms with E-state index >= 15 is 0 Å². The molecule has 2 N–H and O–H groups in total. The maximum atomic E-state index is 13.4. The van der Waals surface area contributed by atoms with Crippen molar-refractivity contribution in [3.8, 4) is 11.3 Å². The van der Waals surface area contributed by atoms with E-state index < -0.39 is 17.3 Å². The number of nitrogens with one attached hydrogen (secondary N) is 2. The molecule has 2 aromatic heterocycles. The molecule has 0 spiro atoms. The van der Waals surface area contributed by atoms with Crippen LogP contribution in [0.3, 0.4) is 0 Å². The zero-order valence-electron chi connectivity index (χ0n) is 12.0. The third-order valence-corrected chi connectivity index (χ3v) is 3.56. The molecule has 3 rings (SSSR count). The smallest absolute Gasteiger partial charge is 0.354 e. The minimum atomic E-state index is -4.52. The molecule has 1 saturated heterocycles. The van der Waals surface area contributed by atoms with E-state index in [1.165, 1.54) is 18.3 Å². The molecule has 0 unspecified atom stereocenters. The van der Waals surface area contributed by atoms with Crippen molar-refractivity contribution in [1.82, 2.24) is 20.5 Å². The van der Waals surface area contributed by atoms with E-state index in [0.717, 1.165) is 6.07 Å². The number of anilines is 1. The van der Waals surface area contributed by atoms with E-state index in [2.05, 4.69) is 20.5 Å². The van der Waals surface area contributed by atoms with Gasteiger partial charge in [0.05, 0.1) is 11.3 Å². The minimum absolute atomic E-state index is 0.0767. The molecule has 0 amide bonds. The van der Waals surface area contributed by atoms with Crippen LogP contribution in [0.5, 0.6) is 0 Å². The molecule has 2 aromatic rings. The Morgan fingerprint density at radius 1 is 1.17 bits per heavy atom. The van der Waals surface area contributed by atoms with Crippen LogP contribution in [-0.4, -0.2) is 41.4 Å². The van der Waals surface area contributed by atoms with Gasteiger partial charge >= 0.3 is 6.18 Å². The predicted molar refractivity (Wildman–Crippen MR) is 78.2 cm³/mol. The lowest BCUT2D eigenvalue weighted by Gasteiger charge is -2.30. The normalized spacial score (nSPS) is 15.7. The van der Waals surface area contributed by atoms with Gasteiger partial charge in [0.1, 0.15) is 5.82 Å². The number of rotatable bonds is 2. The van der Waals surface area contributed by atoms with Crippen LogP contribution in [-0.2, 0) is 6.18 Å². The fraction of sp³-hybridized carbons (Fsp3) is 0.357. The highest BCUT2D eigenvalue weighted by Gasteiger charge is 2.36. The standard InChI is InChI=1S/C14H14F3N5O/c15-14(16,17)10-7-9(11-1-2-12(23)21-20-11)8-19-13(10)22-5-3-18-4-6-22/h1-2,7-8,18H,3-6H2,(H,21,23). The Labute approximate surface area is 129 Å². The Balaban J connectivity index is 2.04. The topological polar surface area (TPSA) is 73.9 Å². The highest BCUT2D eigenvalue weighted by atomic mass is 19.4. The van der Waals surface area contributed by atoms with Gasteiger partial charge < -0.3 is 10.2 Å². The molecule has 0 aromatic carbocycles. The van der Waals surface area contributed by atoms with Crippen molar-refractivity contribution in [2.24, 2.45) is 0 Å². The molecule has 6 nitrogen and oxygen atoms in total. The van der Waals surface area contributed by atoms with Crippen molar-refractivity contribution < 1.29 is 13.2 Å². The minimum Gasteiger partial charge on any atom is -0.354 e. The van der Waals surface area contributed by atoms with Gasteiger partial charge in [-0.25, -0.2) is 10.1 Å².